The standard InChI is InChI=1S/C7H6B2O14/c10-2(20-8(18)22-6(16)4(12)13)1-3(11)21-9(19)23-7(17)5(14)15/h18-19H,1H2,(H,12,13)(H,14,15). The Morgan fingerprint density at radius 3 is 1.22 bits per heavy atom. The van der Waals surface area contributed by atoms with Gasteiger partial charge in [-0.2, -0.15) is 0 Å². The number of carbonyl (C=O) groups is 6. The van der Waals surface area contributed by atoms with Crippen LogP contribution in [0.4, 0.5) is 0 Å². The van der Waals surface area contributed by atoms with Gasteiger partial charge in [0.1, 0.15) is 6.42 Å². The summed E-state index contributed by atoms with van der Waals surface area (Å²) in [6, 6.07) is 0. The molecule has 0 unspecified atom stereocenters. The number of hydrogen-bond donors (Lipinski definition) is 4. The normalized spacial score (nSPS) is 9.13. The number of rotatable bonds is 6. The number of hydrogen-bond acceptors (Lipinski definition) is 12. The molecular formula is C7H6B2O14. The number of carbonyl (C=O) groups excluding carboxylic acids is 4. The monoisotopic (exact) mass is 336 g/mol. The molecular weight excluding hydrogens is 330 g/mol. The highest BCUT2D eigenvalue weighted by Crippen LogP contribution is 1.97. The summed E-state index contributed by atoms with van der Waals surface area (Å²) in [5, 5.41) is 33.9. The third-order valence-electron chi connectivity index (χ3n) is 1.52. The van der Waals surface area contributed by atoms with Gasteiger partial charge in [-0.1, -0.05) is 0 Å². The Bertz CT molecular complexity index is 481. The first-order valence-electron chi connectivity index (χ1n) is 5.15. The van der Waals surface area contributed by atoms with Crippen molar-refractivity contribution in [2.45, 2.75) is 6.42 Å². The molecule has 14 nitrogen and oxygen atoms in total. The number of carboxylic acid groups (broad SMARTS) is 2. The van der Waals surface area contributed by atoms with E-state index < -0.39 is 56.9 Å². The van der Waals surface area contributed by atoms with Crippen molar-refractivity contribution in [1.29, 1.82) is 0 Å². The maximum Gasteiger partial charge on any atom is 0.789 e. The van der Waals surface area contributed by atoms with Crippen LogP contribution in [0.3, 0.4) is 0 Å². The fraction of sp³-hybridized carbons (Fsp3) is 0.143. The van der Waals surface area contributed by atoms with Crippen LogP contribution in [-0.2, 0) is 47.4 Å². The third kappa shape index (κ3) is 8.68. The zero-order valence-corrected chi connectivity index (χ0v) is 10.7. The predicted molar refractivity (Wildman–Crippen MR) is 60.2 cm³/mol. The Kier molecular flexibility index (Phi) is 7.78. The average molecular weight is 336 g/mol. The Hall–Kier alpha value is -3.13. The van der Waals surface area contributed by atoms with Crippen LogP contribution < -0.4 is 0 Å². The summed E-state index contributed by atoms with van der Waals surface area (Å²) < 4.78 is 15.1. The highest BCUT2D eigenvalue weighted by Gasteiger charge is 2.33. The van der Waals surface area contributed by atoms with Gasteiger partial charge < -0.3 is 38.9 Å². The Morgan fingerprint density at radius 1 is 0.652 bits per heavy atom. The predicted octanol–water partition coefficient (Wildman–Crippen LogP) is -4.33. The second-order valence-electron chi connectivity index (χ2n) is 3.19. The van der Waals surface area contributed by atoms with Crippen molar-refractivity contribution >= 4 is 50.5 Å². The van der Waals surface area contributed by atoms with Gasteiger partial charge in [-0.05, 0) is 0 Å². The van der Waals surface area contributed by atoms with Crippen molar-refractivity contribution < 1.29 is 67.6 Å². The minimum absolute atomic E-state index is 1.30. The third-order valence-corrected chi connectivity index (χ3v) is 1.52. The van der Waals surface area contributed by atoms with Crippen LogP contribution >= 0.6 is 0 Å². The van der Waals surface area contributed by atoms with E-state index in [0.717, 1.165) is 0 Å². The van der Waals surface area contributed by atoms with E-state index in [0.29, 0.717) is 0 Å². The summed E-state index contributed by atoms with van der Waals surface area (Å²) in [5.41, 5.74) is 0. The molecule has 0 saturated carbocycles. The maximum atomic E-state index is 11.0. The molecule has 0 aliphatic heterocycles. The van der Waals surface area contributed by atoms with Crippen LogP contribution in [0.2, 0.25) is 0 Å². The van der Waals surface area contributed by atoms with E-state index in [2.05, 4.69) is 18.6 Å². The topological polar surface area (TPSA) is 220 Å². The van der Waals surface area contributed by atoms with Crippen molar-refractivity contribution in [3.05, 3.63) is 0 Å². The maximum absolute atomic E-state index is 11.0. The first-order chi connectivity index (χ1) is 10.5. The van der Waals surface area contributed by atoms with Crippen molar-refractivity contribution in [1.82, 2.24) is 0 Å². The molecule has 124 valence electrons. The molecule has 0 aliphatic carbocycles. The summed E-state index contributed by atoms with van der Waals surface area (Å²) >= 11 is 0. The molecule has 0 aliphatic rings. The minimum atomic E-state index is -2.63. The van der Waals surface area contributed by atoms with Gasteiger partial charge in [0.05, 0.1) is 0 Å². The smallest absolute Gasteiger partial charge is 0.473 e. The lowest BCUT2D eigenvalue weighted by molar-refractivity contribution is -0.161. The molecule has 0 bridgehead atoms. The van der Waals surface area contributed by atoms with E-state index >= 15 is 0 Å². The largest absolute Gasteiger partial charge is 0.789 e. The lowest BCUT2D eigenvalue weighted by Crippen LogP contribution is -2.35. The second-order valence-corrected chi connectivity index (χ2v) is 3.19. The molecule has 0 rings (SSSR count). The van der Waals surface area contributed by atoms with Crippen LogP contribution in [0.5, 0.6) is 0 Å². The van der Waals surface area contributed by atoms with Crippen LogP contribution in [0.1, 0.15) is 6.42 Å². The zero-order chi connectivity index (χ0) is 18.2. The van der Waals surface area contributed by atoms with E-state index in [1.807, 2.05) is 0 Å². The van der Waals surface area contributed by atoms with Gasteiger partial charge in [-0.25, -0.2) is 19.2 Å². The molecule has 0 aromatic heterocycles. The molecule has 0 aromatic rings. The van der Waals surface area contributed by atoms with Crippen LogP contribution in [-0.4, -0.2) is 70.7 Å². The molecule has 0 amide bonds. The van der Waals surface area contributed by atoms with Crippen molar-refractivity contribution in [2.75, 3.05) is 0 Å². The molecule has 0 saturated heterocycles. The lowest BCUT2D eigenvalue weighted by atomic mass is 10.2. The van der Waals surface area contributed by atoms with Gasteiger partial charge in [0.25, 0.3) is 0 Å². The van der Waals surface area contributed by atoms with Gasteiger partial charge >= 0.3 is 50.5 Å². The SMILES string of the molecule is O=C(CC(=O)OB(O)OC(=O)C(=O)O)OB(O)OC(=O)C(=O)O. The van der Waals surface area contributed by atoms with Gasteiger partial charge in [0.2, 0.25) is 0 Å². The van der Waals surface area contributed by atoms with E-state index in [4.69, 9.17) is 20.3 Å². The van der Waals surface area contributed by atoms with E-state index in [9.17, 15) is 28.8 Å². The average Bonchev–Trinajstić information content (AvgIpc) is 2.36. The van der Waals surface area contributed by atoms with Crippen LogP contribution in [0, 0.1) is 0 Å². The van der Waals surface area contributed by atoms with E-state index in [1.165, 1.54) is 0 Å². The molecule has 0 aromatic carbocycles. The number of carboxylic acids is 2. The molecule has 0 spiro atoms. The van der Waals surface area contributed by atoms with E-state index in [-0.39, 0.29) is 0 Å². The van der Waals surface area contributed by atoms with Gasteiger partial charge in [0.15, 0.2) is 0 Å². The Labute approximate surface area is 125 Å². The van der Waals surface area contributed by atoms with Crippen molar-refractivity contribution in [2.24, 2.45) is 0 Å². The summed E-state index contributed by atoms with van der Waals surface area (Å²) in [6.07, 6.45) is -1.30. The minimum Gasteiger partial charge on any atom is -0.473 e. The van der Waals surface area contributed by atoms with Crippen molar-refractivity contribution in [3.8, 4) is 0 Å². The second kappa shape index (κ2) is 9.00. The van der Waals surface area contributed by atoms with Crippen LogP contribution in [0.25, 0.3) is 0 Å². The molecule has 0 radical (unpaired) electrons. The highest BCUT2D eigenvalue weighted by molar-refractivity contribution is 6.46. The highest BCUT2D eigenvalue weighted by atomic mass is 16.7. The van der Waals surface area contributed by atoms with Crippen molar-refractivity contribution in [3.63, 3.8) is 0 Å². The van der Waals surface area contributed by atoms with E-state index in [1.54, 1.807) is 0 Å². The molecule has 0 fully saturated rings. The molecule has 0 atom stereocenters. The molecule has 4 N–H and O–H groups in total. The summed E-state index contributed by atoms with van der Waals surface area (Å²) in [7, 11) is -5.26. The molecule has 23 heavy (non-hydrogen) atoms. The lowest BCUT2D eigenvalue weighted by Gasteiger charge is -2.08. The van der Waals surface area contributed by atoms with Crippen LogP contribution in [0.15, 0.2) is 0 Å². The summed E-state index contributed by atoms with van der Waals surface area (Å²) in [4.78, 5) is 63.1. The van der Waals surface area contributed by atoms with Gasteiger partial charge in [-0.3, -0.25) is 9.59 Å². The molecule has 16 heteroatoms. The molecule has 0 heterocycles. The summed E-state index contributed by atoms with van der Waals surface area (Å²) in [6.45, 7) is 0. The Morgan fingerprint density at radius 2 is 0.957 bits per heavy atom. The quantitative estimate of drug-likeness (QED) is 0.205. The fourth-order valence-corrected chi connectivity index (χ4v) is 0.758. The number of aliphatic carboxylic acids is 2. The van der Waals surface area contributed by atoms with Gasteiger partial charge in [-0.15, -0.1) is 0 Å². The van der Waals surface area contributed by atoms with Gasteiger partial charge in [0, 0.05) is 0 Å². The summed E-state index contributed by atoms with van der Waals surface area (Å²) in [5.74, 6) is -11.3. The fourth-order valence-electron chi connectivity index (χ4n) is 0.758. The first-order valence-corrected chi connectivity index (χ1v) is 5.15. The zero-order valence-electron chi connectivity index (χ0n) is 10.7. The first kappa shape index (κ1) is 19.9. The Balaban J connectivity index is 4.22.